The maximum atomic E-state index is 12.2. The van der Waals surface area contributed by atoms with Crippen LogP contribution in [0.3, 0.4) is 0 Å². The summed E-state index contributed by atoms with van der Waals surface area (Å²) in [5, 5.41) is 7.94. The first kappa shape index (κ1) is 25.0. The number of carbonyl (C=O) groups excluding carboxylic acids is 3. The number of nitrogens with two attached hydrogens (primary N) is 1. The van der Waals surface area contributed by atoms with Crippen molar-refractivity contribution in [1.29, 1.82) is 0 Å². The van der Waals surface area contributed by atoms with Crippen LogP contribution >= 0.6 is 0 Å². The molecular weight excluding hydrogens is 490 g/mol. The Kier molecular flexibility index (Phi) is 6.70. The molecule has 2 aliphatic heterocycles. The summed E-state index contributed by atoms with van der Waals surface area (Å²) in [7, 11) is 0. The standard InChI is InChI=1S/C31H31N5O3/c32-30(38)27-5-1-3-24-19-36(34-29(24)27)25-12-10-21(11-13-25)23-4-2-16-35(18-23)17-20-6-8-22(9-7-20)26-14-15-28(37)33-31(26)39/h1,3,5-13,19,23,26H,2,4,14-18H2,(H2,32,38)(H,33,37,39)/t23-,26?/m1/s1. The summed E-state index contributed by atoms with van der Waals surface area (Å²) in [6, 6.07) is 22.2. The molecule has 2 fully saturated rings. The van der Waals surface area contributed by atoms with Crippen molar-refractivity contribution in [3.63, 3.8) is 0 Å². The van der Waals surface area contributed by atoms with Crippen LogP contribution in [0.2, 0.25) is 0 Å². The second-order valence-corrected chi connectivity index (χ2v) is 10.6. The number of fused-ring (bicyclic) bond motifs is 1. The average molecular weight is 522 g/mol. The number of primary amides is 1. The summed E-state index contributed by atoms with van der Waals surface area (Å²) in [5.41, 5.74) is 11.0. The van der Waals surface area contributed by atoms with E-state index in [9.17, 15) is 14.4 Å². The van der Waals surface area contributed by atoms with Gasteiger partial charge in [-0.3, -0.25) is 24.6 Å². The van der Waals surface area contributed by atoms with Crippen molar-refractivity contribution < 1.29 is 14.4 Å². The van der Waals surface area contributed by atoms with Gasteiger partial charge in [-0.05, 0) is 66.6 Å². The molecule has 6 rings (SSSR count). The number of likely N-dealkylation sites (tertiary alicyclic amines) is 1. The van der Waals surface area contributed by atoms with Gasteiger partial charge in [0.2, 0.25) is 11.8 Å². The van der Waals surface area contributed by atoms with Crippen LogP contribution in [0, 0.1) is 0 Å². The van der Waals surface area contributed by atoms with Crippen molar-refractivity contribution in [2.24, 2.45) is 5.73 Å². The Bertz CT molecular complexity index is 1540. The molecule has 0 spiro atoms. The quantitative estimate of drug-likeness (QED) is 0.373. The van der Waals surface area contributed by atoms with E-state index in [1.54, 1.807) is 10.7 Å². The lowest BCUT2D eigenvalue weighted by Crippen LogP contribution is -2.39. The molecule has 3 heterocycles. The lowest BCUT2D eigenvalue weighted by Gasteiger charge is -2.33. The summed E-state index contributed by atoms with van der Waals surface area (Å²) < 4.78 is 1.80. The van der Waals surface area contributed by atoms with Crippen LogP contribution in [0.1, 0.15) is 64.6 Å². The van der Waals surface area contributed by atoms with E-state index in [4.69, 9.17) is 5.73 Å². The van der Waals surface area contributed by atoms with E-state index in [1.807, 2.05) is 30.5 Å². The van der Waals surface area contributed by atoms with Crippen LogP contribution in [0.4, 0.5) is 0 Å². The van der Waals surface area contributed by atoms with Crippen LogP contribution in [0.5, 0.6) is 0 Å². The van der Waals surface area contributed by atoms with Gasteiger partial charge in [0.25, 0.3) is 5.91 Å². The van der Waals surface area contributed by atoms with Crippen LogP contribution in [-0.4, -0.2) is 45.5 Å². The Morgan fingerprint density at radius 1 is 0.974 bits per heavy atom. The smallest absolute Gasteiger partial charge is 0.250 e. The van der Waals surface area contributed by atoms with Crippen LogP contribution in [0.15, 0.2) is 72.9 Å². The molecule has 8 heteroatoms. The predicted octanol–water partition coefficient (Wildman–Crippen LogP) is 4.02. The predicted molar refractivity (Wildman–Crippen MR) is 148 cm³/mol. The summed E-state index contributed by atoms with van der Waals surface area (Å²) in [6.45, 7) is 2.92. The van der Waals surface area contributed by atoms with E-state index in [2.05, 4.69) is 51.7 Å². The molecule has 0 saturated carbocycles. The van der Waals surface area contributed by atoms with Crippen LogP contribution < -0.4 is 11.1 Å². The van der Waals surface area contributed by atoms with E-state index in [-0.39, 0.29) is 17.7 Å². The summed E-state index contributed by atoms with van der Waals surface area (Å²) in [4.78, 5) is 37.9. The van der Waals surface area contributed by atoms with E-state index in [0.29, 0.717) is 29.8 Å². The molecule has 2 aliphatic rings. The molecule has 2 saturated heterocycles. The Morgan fingerprint density at radius 3 is 2.49 bits per heavy atom. The maximum absolute atomic E-state index is 12.2. The number of hydrogen-bond acceptors (Lipinski definition) is 5. The Hall–Kier alpha value is -4.30. The molecule has 198 valence electrons. The molecule has 0 radical (unpaired) electrons. The summed E-state index contributed by atoms with van der Waals surface area (Å²) >= 11 is 0. The Balaban J connectivity index is 1.11. The molecule has 1 aromatic heterocycles. The lowest BCUT2D eigenvalue weighted by atomic mass is 9.89. The second-order valence-electron chi connectivity index (χ2n) is 10.6. The lowest BCUT2D eigenvalue weighted by molar-refractivity contribution is -0.134. The molecule has 39 heavy (non-hydrogen) atoms. The first-order valence-electron chi connectivity index (χ1n) is 13.5. The van der Waals surface area contributed by atoms with E-state index in [0.717, 1.165) is 49.1 Å². The van der Waals surface area contributed by atoms with E-state index in [1.165, 1.54) is 11.1 Å². The summed E-state index contributed by atoms with van der Waals surface area (Å²) in [5.74, 6) is -0.650. The van der Waals surface area contributed by atoms with Crippen molar-refractivity contribution in [2.75, 3.05) is 13.1 Å². The maximum Gasteiger partial charge on any atom is 0.250 e. The molecule has 3 amide bonds. The van der Waals surface area contributed by atoms with Crippen molar-refractivity contribution in [1.82, 2.24) is 20.0 Å². The number of nitrogens with zero attached hydrogens (tertiary/aromatic N) is 3. The van der Waals surface area contributed by atoms with Crippen LogP contribution in [-0.2, 0) is 16.1 Å². The fraction of sp³-hybridized carbons (Fsp3) is 0.290. The highest BCUT2D eigenvalue weighted by Crippen LogP contribution is 2.30. The highest BCUT2D eigenvalue weighted by Gasteiger charge is 2.28. The van der Waals surface area contributed by atoms with Crippen LogP contribution in [0.25, 0.3) is 16.6 Å². The zero-order valence-corrected chi connectivity index (χ0v) is 21.7. The number of amides is 3. The number of benzene rings is 3. The van der Waals surface area contributed by atoms with Gasteiger partial charge >= 0.3 is 0 Å². The van der Waals surface area contributed by atoms with Gasteiger partial charge in [-0.1, -0.05) is 48.5 Å². The largest absolute Gasteiger partial charge is 0.366 e. The Labute approximate surface area is 226 Å². The molecule has 2 atom stereocenters. The van der Waals surface area contributed by atoms with Gasteiger partial charge in [-0.2, -0.15) is 5.10 Å². The molecule has 3 N–H and O–H groups in total. The van der Waals surface area contributed by atoms with Gasteiger partial charge in [-0.25, -0.2) is 4.68 Å². The van der Waals surface area contributed by atoms with Crippen molar-refractivity contribution in [3.05, 3.63) is 95.2 Å². The monoisotopic (exact) mass is 521 g/mol. The van der Waals surface area contributed by atoms with Crippen molar-refractivity contribution in [2.45, 2.75) is 44.1 Å². The van der Waals surface area contributed by atoms with E-state index >= 15 is 0 Å². The molecule has 1 unspecified atom stereocenters. The van der Waals surface area contributed by atoms with Gasteiger partial charge in [0, 0.05) is 31.1 Å². The average Bonchev–Trinajstić information content (AvgIpc) is 3.38. The number of hydrogen-bond donors (Lipinski definition) is 2. The highest BCUT2D eigenvalue weighted by molar-refractivity contribution is 6.04. The first-order valence-corrected chi connectivity index (χ1v) is 13.5. The molecule has 4 aromatic rings. The topological polar surface area (TPSA) is 110 Å². The number of imide groups is 1. The van der Waals surface area contributed by atoms with Gasteiger partial charge in [0.05, 0.1) is 17.2 Å². The minimum absolute atomic E-state index is 0.184. The minimum atomic E-state index is -0.478. The zero-order valence-electron chi connectivity index (χ0n) is 21.7. The number of rotatable bonds is 6. The second kappa shape index (κ2) is 10.5. The number of carbonyl (C=O) groups is 3. The van der Waals surface area contributed by atoms with E-state index < -0.39 is 5.91 Å². The van der Waals surface area contributed by atoms with Gasteiger partial charge < -0.3 is 5.73 Å². The molecule has 0 aliphatic carbocycles. The van der Waals surface area contributed by atoms with Gasteiger partial charge in [-0.15, -0.1) is 0 Å². The highest BCUT2D eigenvalue weighted by atomic mass is 16.2. The normalized spacial score (nSPS) is 20.2. The van der Waals surface area contributed by atoms with Gasteiger partial charge in [0.1, 0.15) is 5.52 Å². The SMILES string of the molecule is NC(=O)c1cccc2cn(-c3ccc([C@@H]4CCCN(Cc5ccc(C6CCC(=O)NC6=O)cc5)C4)cc3)nc12. The fourth-order valence-corrected chi connectivity index (χ4v) is 5.87. The molecule has 8 nitrogen and oxygen atoms in total. The first-order chi connectivity index (χ1) is 18.9. The summed E-state index contributed by atoms with van der Waals surface area (Å²) in [6.07, 6.45) is 5.18. The van der Waals surface area contributed by atoms with Crippen molar-refractivity contribution in [3.8, 4) is 5.69 Å². The third kappa shape index (κ3) is 5.20. The molecule has 3 aromatic carbocycles. The zero-order chi connectivity index (χ0) is 26.9. The third-order valence-corrected chi connectivity index (χ3v) is 7.96. The number of piperidine rings is 2. The minimum Gasteiger partial charge on any atom is -0.366 e. The number of nitrogens with one attached hydrogen (secondary N) is 1. The number of aromatic nitrogens is 2. The molecular formula is C31H31N5O3. The third-order valence-electron chi connectivity index (χ3n) is 7.96. The fourth-order valence-electron chi connectivity index (χ4n) is 5.87. The Morgan fingerprint density at radius 2 is 1.74 bits per heavy atom. The van der Waals surface area contributed by atoms with Crippen molar-refractivity contribution >= 4 is 28.6 Å². The molecule has 0 bridgehead atoms. The van der Waals surface area contributed by atoms with Gasteiger partial charge in [0.15, 0.2) is 0 Å².